The first-order valence-electron chi connectivity index (χ1n) is 6.85. The quantitative estimate of drug-likeness (QED) is 0.626. The van der Waals surface area contributed by atoms with Gasteiger partial charge in [-0.2, -0.15) is 0 Å². The Labute approximate surface area is 107 Å². The van der Waals surface area contributed by atoms with E-state index in [0.29, 0.717) is 0 Å². The minimum Gasteiger partial charge on any atom is -0.374 e. The Morgan fingerprint density at radius 2 is 2.24 bits per heavy atom. The van der Waals surface area contributed by atoms with Gasteiger partial charge in [0.15, 0.2) is 0 Å². The second kappa shape index (κ2) is 6.39. The minimum atomic E-state index is -0.0177. The van der Waals surface area contributed by atoms with Crippen molar-refractivity contribution in [3.8, 4) is 0 Å². The topological polar surface area (TPSA) is 9.23 Å². The molecule has 1 aliphatic carbocycles. The van der Waals surface area contributed by atoms with Crippen molar-refractivity contribution in [3.63, 3.8) is 0 Å². The highest BCUT2D eigenvalue weighted by molar-refractivity contribution is 5.07. The maximum Gasteiger partial charge on any atom is 0.0830 e. The second-order valence-electron chi connectivity index (χ2n) is 5.91. The molecule has 0 aliphatic heterocycles. The molecule has 0 amide bonds. The summed E-state index contributed by atoms with van der Waals surface area (Å²) in [5.41, 5.74) is 1.42. The van der Waals surface area contributed by atoms with Gasteiger partial charge >= 0.3 is 0 Å². The molecule has 0 bridgehead atoms. The van der Waals surface area contributed by atoms with E-state index in [0.717, 1.165) is 18.3 Å². The lowest BCUT2D eigenvalue weighted by atomic mass is 9.78. The van der Waals surface area contributed by atoms with E-state index in [1.54, 1.807) is 0 Å². The van der Waals surface area contributed by atoms with E-state index in [1.165, 1.54) is 24.8 Å². The first-order valence-corrected chi connectivity index (χ1v) is 6.85. The van der Waals surface area contributed by atoms with Crippen LogP contribution in [-0.2, 0) is 4.74 Å². The number of allylic oxidation sites excluding steroid dienone is 3. The molecule has 0 saturated heterocycles. The van der Waals surface area contributed by atoms with Crippen LogP contribution in [0.2, 0.25) is 0 Å². The molecule has 0 aromatic rings. The van der Waals surface area contributed by atoms with Gasteiger partial charge in [-0.3, -0.25) is 0 Å². The monoisotopic (exact) mass is 236 g/mol. The van der Waals surface area contributed by atoms with Gasteiger partial charge in [-0.05, 0) is 58.3 Å². The van der Waals surface area contributed by atoms with Crippen LogP contribution in [0.3, 0.4) is 0 Å². The zero-order valence-electron chi connectivity index (χ0n) is 12.1. The predicted octanol–water partition coefficient (Wildman–Crippen LogP) is 4.74. The number of methoxy groups -OCH3 is 1. The molecule has 1 heteroatoms. The average molecular weight is 236 g/mol. The summed E-state index contributed by atoms with van der Waals surface area (Å²) in [5.74, 6) is 1.52. The molecule has 17 heavy (non-hydrogen) atoms. The highest BCUT2D eigenvalue weighted by atomic mass is 16.5. The van der Waals surface area contributed by atoms with Gasteiger partial charge in [-0.1, -0.05) is 30.7 Å². The van der Waals surface area contributed by atoms with Gasteiger partial charge in [-0.25, -0.2) is 0 Å². The lowest BCUT2D eigenvalue weighted by Crippen LogP contribution is -2.30. The number of ether oxygens (including phenoxy) is 1. The minimum absolute atomic E-state index is 0.0177. The summed E-state index contributed by atoms with van der Waals surface area (Å²) in [5, 5.41) is 0. The molecule has 98 valence electrons. The molecule has 0 spiro atoms. The molecule has 0 aromatic carbocycles. The fourth-order valence-electron chi connectivity index (χ4n) is 2.45. The lowest BCUT2D eigenvalue weighted by molar-refractivity contribution is 0.0289. The fourth-order valence-corrected chi connectivity index (χ4v) is 2.45. The second-order valence-corrected chi connectivity index (χ2v) is 5.91. The summed E-state index contributed by atoms with van der Waals surface area (Å²) in [4.78, 5) is 0. The van der Waals surface area contributed by atoms with Gasteiger partial charge in [0.25, 0.3) is 0 Å². The van der Waals surface area contributed by atoms with Gasteiger partial charge < -0.3 is 4.74 Å². The predicted molar refractivity (Wildman–Crippen MR) is 75.1 cm³/mol. The van der Waals surface area contributed by atoms with Crippen molar-refractivity contribution in [2.45, 2.75) is 59.0 Å². The van der Waals surface area contributed by atoms with Crippen LogP contribution in [0.4, 0.5) is 0 Å². The van der Waals surface area contributed by atoms with Crippen LogP contribution in [0.1, 0.15) is 53.4 Å². The average Bonchev–Trinajstić information content (AvgIpc) is 2.29. The summed E-state index contributed by atoms with van der Waals surface area (Å²) >= 11 is 0. The van der Waals surface area contributed by atoms with Crippen LogP contribution < -0.4 is 0 Å². The Bertz CT molecular complexity index is 286. The molecule has 3 atom stereocenters. The maximum atomic E-state index is 5.52. The Balaban J connectivity index is 2.42. The molecule has 1 nitrogen and oxygen atoms in total. The Morgan fingerprint density at radius 3 is 2.71 bits per heavy atom. The molecule has 0 saturated carbocycles. The molecule has 1 aliphatic rings. The van der Waals surface area contributed by atoms with E-state index < -0.39 is 0 Å². The van der Waals surface area contributed by atoms with Crippen molar-refractivity contribution in [1.82, 2.24) is 0 Å². The molecule has 1 rings (SSSR count). The standard InChI is InChI=1S/C16H28O/c1-13(2)7-6-8-14(3)15-9-11-16(4,17-5)12-10-15/h7,9,11,14-15H,6,8,10,12H2,1-5H3. The van der Waals surface area contributed by atoms with Crippen molar-refractivity contribution in [2.24, 2.45) is 11.8 Å². The smallest absolute Gasteiger partial charge is 0.0830 e. The zero-order valence-corrected chi connectivity index (χ0v) is 12.1. The molecular weight excluding hydrogens is 208 g/mol. The van der Waals surface area contributed by atoms with Crippen LogP contribution in [0.25, 0.3) is 0 Å². The van der Waals surface area contributed by atoms with Crippen LogP contribution in [0.15, 0.2) is 23.8 Å². The van der Waals surface area contributed by atoms with Gasteiger partial charge in [-0.15, -0.1) is 0 Å². The Hall–Kier alpha value is -0.560. The van der Waals surface area contributed by atoms with Gasteiger partial charge in [0.2, 0.25) is 0 Å². The summed E-state index contributed by atoms with van der Waals surface area (Å²) in [6.45, 7) is 8.90. The van der Waals surface area contributed by atoms with Gasteiger partial charge in [0.05, 0.1) is 5.60 Å². The van der Waals surface area contributed by atoms with Crippen molar-refractivity contribution in [1.29, 1.82) is 0 Å². The van der Waals surface area contributed by atoms with Gasteiger partial charge in [0.1, 0.15) is 0 Å². The first-order chi connectivity index (χ1) is 7.97. The third-order valence-corrected chi connectivity index (χ3v) is 4.04. The maximum absolute atomic E-state index is 5.52. The summed E-state index contributed by atoms with van der Waals surface area (Å²) in [6.07, 6.45) is 11.9. The molecule has 0 N–H and O–H groups in total. The third kappa shape index (κ3) is 4.67. The lowest BCUT2D eigenvalue weighted by Gasteiger charge is -2.33. The SMILES string of the molecule is COC1(C)C=CC(C(C)CCC=C(C)C)CC1. The van der Waals surface area contributed by atoms with E-state index in [1.807, 2.05) is 7.11 Å². The molecule has 3 unspecified atom stereocenters. The number of rotatable bonds is 5. The third-order valence-electron chi connectivity index (χ3n) is 4.04. The summed E-state index contributed by atoms with van der Waals surface area (Å²) in [6, 6.07) is 0. The number of hydrogen-bond donors (Lipinski definition) is 0. The van der Waals surface area contributed by atoms with E-state index in [-0.39, 0.29) is 5.60 Å². The van der Waals surface area contributed by atoms with Crippen LogP contribution >= 0.6 is 0 Å². The van der Waals surface area contributed by atoms with Crippen LogP contribution in [0, 0.1) is 11.8 Å². The molecule has 0 radical (unpaired) electrons. The van der Waals surface area contributed by atoms with Crippen molar-refractivity contribution in [2.75, 3.05) is 7.11 Å². The van der Waals surface area contributed by atoms with E-state index in [4.69, 9.17) is 4.74 Å². The zero-order chi connectivity index (χ0) is 12.9. The Morgan fingerprint density at radius 1 is 1.53 bits per heavy atom. The van der Waals surface area contributed by atoms with Crippen LogP contribution in [-0.4, -0.2) is 12.7 Å². The van der Waals surface area contributed by atoms with Crippen LogP contribution in [0.5, 0.6) is 0 Å². The van der Waals surface area contributed by atoms with Gasteiger partial charge in [0, 0.05) is 7.11 Å². The van der Waals surface area contributed by atoms with E-state index in [2.05, 4.69) is 45.9 Å². The van der Waals surface area contributed by atoms with Crippen molar-refractivity contribution >= 4 is 0 Å². The number of hydrogen-bond acceptors (Lipinski definition) is 1. The molecule has 0 aromatic heterocycles. The van der Waals surface area contributed by atoms with Crippen molar-refractivity contribution in [3.05, 3.63) is 23.8 Å². The van der Waals surface area contributed by atoms with Crippen molar-refractivity contribution < 1.29 is 4.74 Å². The molecule has 0 heterocycles. The first kappa shape index (κ1) is 14.5. The summed E-state index contributed by atoms with van der Waals surface area (Å²) in [7, 11) is 1.81. The largest absolute Gasteiger partial charge is 0.374 e. The normalized spacial score (nSPS) is 30.1. The Kier molecular flexibility index (Phi) is 5.45. The van der Waals surface area contributed by atoms with E-state index >= 15 is 0 Å². The summed E-state index contributed by atoms with van der Waals surface area (Å²) < 4.78 is 5.52. The highest BCUT2D eigenvalue weighted by Crippen LogP contribution is 2.33. The highest BCUT2D eigenvalue weighted by Gasteiger charge is 2.27. The molecular formula is C16H28O. The fraction of sp³-hybridized carbons (Fsp3) is 0.750. The molecule has 0 fully saturated rings. The van der Waals surface area contributed by atoms with E-state index in [9.17, 15) is 0 Å².